The van der Waals surface area contributed by atoms with Gasteiger partial charge >= 0.3 is 12.1 Å². The third-order valence-electron chi connectivity index (χ3n) is 1.90. The maximum atomic E-state index is 11.8. The Balaban J connectivity index is 2.49. The van der Waals surface area contributed by atoms with Crippen LogP contribution in [0.5, 0.6) is 0 Å². The predicted octanol–water partition coefficient (Wildman–Crippen LogP) is 1.59. The summed E-state index contributed by atoms with van der Waals surface area (Å²) in [6.45, 7) is -0.766. The van der Waals surface area contributed by atoms with Crippen molar-refractivity contribution in [2.75, 3.05) is 6.61 Å². The van der Waals surface area contributed by atoms with Crippen LogP contribution in [0.4, 0.5) is 13.2 Å². The molecule has 0 aromatic carbocycles. The molecule has 0 saturated heterocycles. The third kappa shape index (κ3) is 4.43. The van der Waals surface area contributed by atoms with E-state index in [-0.39, 0.29) is 17.9 Å². The van der Waals surface area contributed by atoms with Crippen molar-refractivity contribution in [3.63, 3.8) is 0 Å². The van der Waals surface area contributed by atoms with Crippen molar-refractivity contribution < 1.29 is 27.8 Å². The third-order valence-corrected chi connectivity index (χ3v) is 1.90. The van der Waals surface area contributed by atoms with Gasteiger partial charge in [-0.05, 0) is 0 Å². The van der Waals surface area contributed by atoms with E-state index in [0.717, 1.165) is 0 Å². The Morgan fingerprint density at radius 2 is 2.24 bits per heavy atom. The maximum absolute atomic E-state index is 11.8. The summed E-state index contributed by atoms with van der Waals surface area (Å²) >= 11 is 0. The van der Waals surface area contributed by atoms with Gasteiger partial charge in [0.1, 0.15) is 11.3 Å². The van der Waals surface area contributed by atoms with Crippen LogP contribution in [-0.2, 0) is 18.4 Å². The Kier molecular flexibility index (Phi) is 4.11. The van der Waals surface area contributed by atoms with Gasteiger partial charge in [0.05, 0.1) is 19.6 Å². The summed E-state index contributed by atoms with van der Waals surface area (Å²) < 4.78 is 41.4. The van der Waals surface area contributed by atoms with Gasteiger partial charge in [-0.1, -0.05) is 0 Å². The van der Waals surface area contributed by atoms with Gasteiger partial charge in [0.25, 0.3) is 0 Å². The normalized spacial score (nSPS) is 11.8. The lowest BCUT2D eigenvalue weighted by Gasteiger charge is -2.06. The lowest BCUT2D eigenvalue weighted by Crippen LogP contribution is -2.12. The second-order valence-electron chi connectivity index (χ2n) is 3.39. The zero-order valence-corrected chi connectivity index (χ0v) is 8.99. The Morgan fingerprint density at radius 3 is 2.76 bits per heavy atom. The number of alkyl halides is 3. The van der Waals surface area contributed by atoms with Crippen LogP contribution in [0.1, 0.15) is 22.5 Å². The van der Waals surface area contributed by atoms with Crippen molar-refractivity contribution in [3.8, 4) is 0 Å². The summed E-state index contributed by atoms with van der Waals surface area (Å²) in [5, 5.41) is 12.6. The molecule has 0 aliphatic rings. The monoisotopic (exact) mass is 252 g/mol. The van der Waals surface area contributed by atoms with E-state index in [4.69, 9.17) is 9.84 Å². The molecule has 0 aliphatic heterocycles. The quantitative estimate of drug-likeness (QED) is 0.808. The second-order valence-corrected chi connectivity index (χ2v) is 3.39. The SMILES string of the molecule is Cn1cc(C(=O)O)c(COCCC(F)(F)F)n1. The molecule has 1 aromatic rings. The standard InChI is InChI=1S/C9H11F3N2O3/c1-14-4-6(8(15)16)7(13-14)5-17-3-2-9(10,11)12/h4H,2-3,5H2,1H3,(H,15,16). The van der Waals surface area contributed by atoms with Gasteiger partial charge in [0.15, 0.2) is 0 Å². The molecular formula is C9H11F3N2O3. The number of aromatic carboxylic acids is 1. The molecular weight excluding hydrogens is 241 g/mol. The fourth-order valence-electron chi connectivity index (χ4n) is 1.18. The molecule has 1 heterocycles. The van der Waals surface area contributed by atoms with E-state index in [9.17, 15) is 18.0 Å². The van der Waals surface area contributed by atoms with E-state index >= 15 is 0 Å². The molecule has 0 amide bonds. The number of carboxylic acids is 1. The summed E-state index contributed by atoms with van der Waals surface area (Å²) in [6.07, 6.45) is -4.08. The molecule has 5 nitrogen and oxygen atoms in total. The Morgan fingerprint density at radius 1 is 1.59 bits per heavy atom. The minimum absolute atomic E-state index is 0.0699. The number of carbonyl (C=O) groups is 1. The van der Waals surface area contributed by atoms with Gasteiger partial charge in [-0.15, -0.1) is 0 Å². The lowest BCUT2D eigenvalue weighted by atomic mass is 10.2. The molecule has 17 heavy (non-hydrogen) atoms. The number of hydrogen-bond donors (Lipinski definition) is 1. The molecule has 0 bridgehead atoms. The molecule has 1 rings (SSSR count). The minimum atomic E-state index is -4.28. The Bertz CT molecular complexity index is 401. The number of aromatic nitrogens is 2. The number of halogens is 3. The van der Waals surface area contributed by atoms with Crippen molar-refractivity contribution in [2.24, 2.45) is 7.05 Å². The average Bonchev–Trinajstić information content (AvgIpc) is 2.53. The van der Waals surface area contributed by atoms with Gasteiger partial charge < -0.3 is 9.84 Å². The van der Waals surface area contributed by atoms with Crippen LogP contribution in [0.2, 0.25) is 0 Å². The molecule has 0 atom stereocenters. The van der Waals surface area contributed by atoms with Crippen LogP contribution < -0.4 is 0 Å². The van der Waals surface area contributed by atoms with E-state index in [1.807, 2.05) is 0 Å². The molecule has 0 spiro atoms. The fourth-order valence-corrected chi connectivity index (χ4v) is 1.18. The lowest BCUT2D eigenvalue weighted by molar-refractivity contribution is -0.146. The van der Waals surface area contributed by atoms with E-state index < -0.39 is 25.2 Å². The Hall–Kier alpha value is -1.57. The number of aryl methyl sites for hydroxylation is 1. The molecule has 96 valence electrons. The minimum Gasteiger partial charge on any atom is -0.478 e. The smallest absolute Gasteiger partial charge is 0.391 e. The Labute approximate surface area is 94.8 Å². The van der Waals surface area contributed by atoms with E-state index in [1.54, 1.807) is 0 Å². The number of carboxylic acid groups (broad SMARTS) is 1. The second kappa shape index (κ2) is 5.17. The van der Waals surface area contributed by atoms with Gasteiger partial charge in [0, 0.05) is 13.2 Å². The zero-order chi connectivity index (χ0) is 13.1. The molecule has 8 heteroatoms. The van der Waals surface area contributed by atoms with Crippen molar-refractivity contribution in [1.29, 1.82) is 0 Å². The average molecular weight is 252 g/mol. The zero-order valence-electron chi connectivity index (χ0n) is 8.99. The summed E-state index contributed by atoms with van der Waals surface area (Å²) in [4.78, 5) is 10.7. The van der Waals surface area contributed by atoms with Crippen LogP contribution in [0.25, 0.3) is 0 Å². The van der Waals surface area contributed by atoms with Gasteiger partial charge in [0.2, 0.25) is 0 Å². The highest BCUT2D eigenvalue weighted by atomic mass is 19.4. The first kappa shape index (κ1) is 13.5. The number of ether oxygens (including phenoxy) is 1. The summed E-state index contributed by atoms with van der Waals surface area (Å²) in [6, 6.07) is 0. The topological polar surface area (TPSA) is 64.4 Å². The maximum Gasteiger partial charge on any atom is 0.391 e. The fraction of sp³-hybridized carbons (Fsp3) is 0.556. The molecule has 0 fully saturated rings. The van der Waals surface area contributed by atoms with Crippen molar-refractivity contribution in [2.45, 2.75) is 19.2 Å². The number of hydrogen-bond acceptors (Lipinski definition) is 3. The van der Waals surface area contributed by atoms with E-state index in [2.05, 4.69) is 5.10 Å². The number of rotatable bonds is 5. The highest BCUT2D eigenvalue weighted by Crippen LogP contribution is 2.19. The highest BCUT2D eigenvalue weighted by Gasteiger charge is 2.26. The van der Waals surface area contributed by atoms with Crippen LogP contribution in [0, 0.1) is 0 Å². The number of nitrogens with zero attached hydrogens (tertiary/aromatic N) is 2. The first-order valence-corrected chi connectivity index (χ1v) is 4.70. The molecule has 0 unspecified atom stereocenters. The van der Waals surface area contributed by atoms with Crippen LogP contribution in [0.15, 0.2) is 6.20 Å². The van der Waals surface area contributed by atoms with Crippen LogP contribution in [-0.4, -0.2) is 33.6 Å². The molecule has 1 N–H and O–H groups in total. The first-order valence-electron chi connectivity index (χ1n) is 4.70. The van der Waals surface area contributed by atoms with E-state index in [0.29, 0.717) is 0 Å². The van der Waals surface area contributed by atoms with Gasteiger partial charge in [-0.25, -0.2) is 4.79 Å². The van der Waals surface area contributed by atoms with Gasteiger partial charge in [-0.3, -0.25) is 4.68 Å². The van der Waals surface area contributed by atoms with Crippen molar-refractivity contribution in [3.05, 3.63) is 17.5 Å². The van der Waals surface area contributed by atoms with Crippen molar-refractivity contribution >= 4 is 5.97 Å². The summed E-state index contributed by atoms with van der Waals surface area (Å²) in [5.74, 6) is -1.19. The van der Waals surface area contributed by atoms with E-state index in [1.165, 1.54) is 17.9 Å². The summed E-state index contributed by atoms with van der Waals surface area (Å²) in [7, 11) is 1.52. The molecule has 0 radical (unpaired) electrons. The molecule has 1 aromatic heterocycles. The first-order chi connectivity index (χ1) is 7.79. The molecule has 0 saturated carbocycles. The highest BCUT2D eigenvalue weighted by molar-refractivity contribution is 5.88. The largest absolute Gasteiger partial charge is 0.478 e. The van der Waals surface area contributed by atoms with Crippen molar-refractivity contribution in [1.82, 2.24) is 9.78 Å². The van der Waals surface area contributed by atoms with Crippen LogP contribution >= 0.6 is 0 Å². The molecule has 0 aliphatic carbocycles. The predicted molar refractivity (Wildman–Crippen MR) is 50.5 cm³/mol. The van der Waals surface area contributed by atoms with Crippen LogP contribution in [0.3, 0.4) is 0 Å². The van der Waals surface area contributed by atoms with Gasteiger partial charge in [-0.2, -0.15) is 18.3 Å². The summed E-state index contributed by atoms with van der Waals surface area (Å²) in [5.41, 5.74) is 0.0432.